The van der Waals surface area contributed by atoms with Crippen molar-refractivity contribution in [3.05, 3.63) is 16.0 Å². The molecule has 2 aliphatic rings. The van der Waals surface area contributed by atoms with Crippen LogP contribution in [0.3, 0.4) is 0 Å². The van der Waals surface area contributed by atoms with Gasteiger partial charge in [0.2, 0.25) is 0 Å². The molecule has 0 spiro atoms. The monoisotopic (exact) mass is 422 g/mol. The number of hydrogen-bond acceptors (Lipinski definition) is 4. The summed E-state index contributed by atoms with van der Waals surface area (Å²) in [4.78, 5) is 14.0. The zero-order valence-corrected chi connectivity index (χ0v) is 19.3. The number of thiophene rings is 1. The number of hydrogen-bond donors (Lipinski definition) is 2. The predicted octanol–water partition coefficient (Wildman–Crippen LogP) is 5.69. The largest absolute Gasteiger partial charge is 0.462 e. The van der Waals surface area contributed by atoms with E-state index >= 15 is 0 Å². The van der Waals surface area contributed by atoms with Crippen molar-refractivity contribution in [3.8, 4) is 0 Å². The minimum Gasteiger partial charge on any atom is -0.462 e. The Balaban J connectivity index is 1.75. The first kappa shape index (κ1) is 21.6. The number of esters is 1. The summed E-state index contributed by atoms with van der Waals surface area (Å²) in [6.07, 6.45) is 9.05. The average molecular weight is 423 g/mol. The third-order valence-corrected chi connectivity index (χ3v) is 7.28. The highest BCUT2D eigenvalue weighted by Crippen LogP contribution is 2.40. The molecular formula is C22H34N2O2S2. The van der Waals surface area contributed by atoms with Crippen molar-refractivity contribution in [2.24, 2.45) is 11.3 Å². The number of nitrogens with one attached hydrogen (secondary N) is 2. The fourth-order valence-electron chi connectivity index (χ4n) is 5.03. The summed E-state index contributed by atoms with van der Waals surface area (Å²) in [7, 11) is 0. The molecule has 0 bridgehead atoms. The van der Waals surface area contributed by atoms with Gasteiger partial charge in [0.1, 0.15) is 5.00 Å². The molecule has 156 valence electrons. The molecule has 2 unspecified atom stereocenters. The van der Waals surface area contributed by atoms with Gasteiger partial charge in [0.25, 0.3) is 0 Å². The van der Waals surface area contributed by atoms with Crippen LogP contribution in [0.15, 0.2) is 0 Å². The van der Waals surface area contributed by atoms with E-state index in [-0.39, 0.29) is 5.97 Å². The predicted molar refractivity (Wildman–Crippen MR) is 121 cm³/mol. The lowest BCUT2D eigenvalue weighted by molar-refractivity contribution is 0.0527. The van der Waals surface area contributed by atoms with Gasteiger partial charge in [-0.2, -0.15) is 0 Å². The molecule has 1 fully saturated rings. The van der Waals surface area contributed by atoms with Crippen LogP contribution >= 0.6 is 23.6 Å². The van der Waals surface area contributed by atoms with Gasteiger partial charge in [0.15, 0.2) is 5.11 Å². The van der Waals surface area contributed by atoms with Crippen molar-refractivity contribution >= 4 is 39.6 Å². The number of thiocarbonyl (C=S) groups is 1. The van der Waals surface area contributed by atoms with E-state index in [4.69, 9.17) is 17.0 Å². The first-order chi connectivity index (χ1) is 13.3. The third-order valence-electron chi connectivity index (χ3n) is 5.85. The molecule has 2 N–H and O–H groups in total. The maximum absolute atomic E-state index is 12.7. The molecule has 2 atom stereocenters. The molecule has 4 nitrogen and oxygen atoms in total. The highest BCUT2D eigenvalue weighted by Gasteiger charge is 2.32. The van der Waals surface area contributed by atoms with Gasteiger partial charge in [-0.3, -0.25) is 0 Å². The zero-order chi connectivity index (χ0) is 20.3. The molecule has 1 heterocycles. The van der Waals surface area contributed by atoms with Crippen LogP contribution in [-0.2, 0) is 17.6 Å². The van der Waals surface area contributed by atoms with E-state index in [0.29, 0.717) is 34.7 Å². The summed E-state index contributed by atoms with van der Waals surface area (Å²) in [5, 5.41) is 8.35. The van der Waals surface area contributed by atoms with Crippen LogP contribution in [0.5, 0.6) is 0 Å². The molecule has 28 heavy (non-hydrogen) atoms. The van der Waals surface area contributed by atoms with Gasteiger partial charge in [0, 0.05) is 10.9 Å². The molecular weight excluding hydrogens is 388 g/mol. The second kappa shape index (κ2) is 9.12. The van der Waals surface area contributed by atoms with Crippen molar-refractivity contribution in [2.75, 3.05) is 11.9 Å². The van der Waals surface area contributed by atoms with Crippen LogP contribution < -0.4 is 10.6 Å². The first-order valence-electron chi connectivity index (χ1n) is 10.7. The van der Waals surface area contributed by atoms with Crippen molar-refractivity contribution in [1.82, 2.24) is 5.32 Å². The Bertz CT molecular complexity index is 726. The van der Waals surface area contributed by atoms with E-state index < -0.39 is 0 Å². The average Bonchev–Trinajstić information content (AvgIpc) is 2.74. The zero-order valence-electron chi connectivity index (χ0n) is 17.7. The maximum atomic E-state index is 12.7. The molecule has 0 radical (unpaired) electrons. The molecule has 3 rings (SSSR count). The summed E-state index contributed by atoms with van der Waals surface area (Å²) in [5.41, 5.74) is 2.23. The number of carbonyl (C=O) groups excluding carboxylic acids is 1. The molecule has 0 saturated heterocycles. The summed E-state index contributed by atoms with van der Waals surface area (Å²) in [5.74, 6) is 0.469. The van der Waals surface area contributed by atoms with Gasteiger partial charge in [-0.15, -0.1) is 11.3 Å². The summed E-state index contributed by atoms with van der Waals surface area (Å²) < 4.78 is 5.37. The minimum atomic E-state index is -0.223. The second-order valence-corrected chi connectivity index (χ2v) is 10.7. The minimum absolute atomic E-state index is 0.223. The van der Waals surface area contributed by atoms with Crippen molar-refractivity contribution in [1.29, 1.82) is 0 Å². The fourth-order valence-corrected chi connectivity index (χ4v) is 6.65. The Hall–Kier alpha value is -1.14. The Morgan fingerprint density at radius 1 is 1.25 bits per heavy atom. The molecule has 2 aliphatic carbocycles. The van der Waals surface area contributed by atoms with Gasteiger partial charge in [-0.1, -0.05) is 27.2 Å². The Kier molecular flexibility index (Phi) is 7.02. The van der Waals surface area contributed by atoms with E-state index in [1.165, 1.54) is 29.7 Å². The maximum Gasteiger partial charge on any atom is 0.341 e. The number of carbonyl (C=O) groups is 1. The SMILES string of the molecule is CCOC(=O)c1c(NC(=S)NC2CC(C)CC(C)(C)C2)sc2c1CCCCC2. The quantitative estimate of drug-likeness (QED) is 0.370. The molecule has 0 amide bonds. The molecule has 6 heteroatoms. The van der Waals surface area contributed by atoms with Crippen LogP contribution in [0.1, 0.15) is 87.0 Å². The van der Waals surface area contributed by atoms with E-state index in [1.54, 1.807) is 11.3 Å². The number of anilines is 1. The Morgan fingerprint density at radius 2 is 2.00 bits per heavy atom. The van der Waals surface area contributed by atoms with Crippen LogP contribution in [0, 0.1) is 11.3 Å². The molecule has 1 saturated carbocycles. The lowest BCUT2D eigenvalue weighted by Gasteiger charge is -2.39. The van der Waals surface area contributed by atoms with Crippen LogP contribution in [0.2, 0.25) is 0 Å². The van der Waals surface area contributed by atoms with Crippen LogP contribution in [0.25, 0.3) is 0 Å². The first-order valence-corrected chi connectivity index (χ1v) is 11.9. The van der Waals surface area contributed by atoms with Crippen LogP contribution in [0.4, 0.5) is 5.00 Å². The number of aryl methyl sites for hydroxylation is 1. The normalized spacial score (nSPS) is 24.0. The lowest BCUT2D eigenvalue weighted by atomic mass is 9.71. The number of ether oxygens (including phenoxy) is 1. The van der Waals surface area contributed by atoms with E-state index in [1.807, 2.05) is 6.92 Å². The lowest BCUT2D eigenvalue weighted by Crippen LogP contribution is -2.44. The van der Waals surface area contributed by atoms with Crippen molar-refractivity contribution < 1.29 is 9.53 Å². The van der Waals surface area contributed by atoms with Gasteiger partial charge < -0.3 is 15.4 Å². The Morgan fingerprint density at radius 3 is 2.71 bits per heavy atom. The topological polar surface area (TPSA) is 50.4 Å². The smallest absolute Gasteiger partial charge is 0.341 e. The van der Waals surface area contributed by atoms with Gasteiger partial charge >= 0.3 is 5.97 Å². The summed E-state index contributed by atoms with van der Waals surface area (Å²) >= 11 is 7.32. The fraction of sp³-hybridized carbons (Fsp3) is 0.727. The number of rotatable bonds is 4. The number of fused-ring (bicyclic) bond motifs is 1. The highest BCUT2D eigenvalue weighted by molar-refractivity contribution is 7.80. The Labute approximate surface area is 178 Å². The molecule has 1 aromatic heterocycles. The van der Waals surface area contributed by atoms with E-state index in [0.717, 1.165) is 37.1 Å². The highest BCUT2D eigenvalue weighted by atomic mass is 32.1. The second-order valence-electron chi connectivity index (χ2n) is 9.20. The van der Waals surface area contributed by atoms with Crippen LogP contribution in [-0.4, -0.2) is 23.7 Å². The van der Waals surface area contributed by atoms with E-state index in [9.17, 15) is 4.79 Å². The molecule has 0 aliphatic heterocycles. The summed E-state index contributed by atoms with van der Waals surface area (Å²) in [6.45, 7) is 9.24. The molecule has 1 aromatic rings. The van der Waals surface area contributed by atoms with Crippen molar-refractivity contribution in [2.45, 2.75) is 85.1 Å². The molecule has 0 aromatic carbocycles. The third kappa shape index (κ3) is 5.26. The van der Waals surface area contributed by atoms with E-state index in [2.05, 4.69) is 31.4 Å². The van der Waals surface area contributed by atoms with Gasteiger partial charge in [-0.05, 0) is 81.0 Å². The summed E-state index contributed by atoms with van der Waals surface area (Å²) in [6, 6.07) is 0.377. The standard InChI is InChI=1S/C22H34N2O2S2/c1-5-26-20(25)18-16-9-7-6-8-10-17(16)28-19(18)24-21(27)23-15-11-14(2)12-22(3,4)13-15/h14-15H,5-13H2,1-4H3,(H2,23,24,27). The van der Waals surface area contributed by atoms with Gasteiger partial charge in [-0.25, -0.2) is 4.79 Å². The van der Waals surface area contributed by atoms with Gasteiger partial charge in [0.05, 0.1) is 12.2 Å². The van der Waals surface area contributed by atoms with Crippen molar-refractivity contribution in [3.63, 3.8) is 0 Å².